The lowest BCUT2D eigenvalue weighted by Gasteiger charge is -2.18. The topological polar surface area (TPSA) is 33.2 Å². The second kappa shape index (κ2) is 3.03. The fourth-order valence-corrected chi connectivity index (χ4v) is 1.63. The van der Waals surface area contributed by atoms with Gasteiger partial charge in [-0.05, 0) is 19.1 Å². The maximum absolute atomic E-state index is 11.7. The van der Waals surface area contributed by atoms with E-state index in [1.165, 1.54) is 0 Å². The first kappa shape index (κ1) is 8.56. The maximum Gasteiger partial charge on any atom is 0.257 e. The molecule has 0 aliphatic carbocycles. The molecule has 1 unspecified atom stereocenters. The molecule has 1 aromatic rings. The first-order valence-corrected chi connectivity index (χ1v) is 4.64. The van der Waals surface area contributed by atoms with Gasteiger partial charge in [-0.2, -0.15) is 12.6 Å². The van der Waals surface area contributed by atoms with Crippen LogP contribution in [0.15, 0.2) is 18.3 Å². The van der Waals surface area contributed by atoms with Crippen molar-refractivity contribution in [1.29, 1.82) is 0 Å². The zero-order valence-electron chi connectivity index (χ0n) is 7.27. The highest BCUT2D eigenvalue weighted by molar-refractivity contribution is 7.80. The summed E-state index contributed by atoms with van der Waals surface area (Å²) >= 11 is 4.23. The molecule has 2 rings (SSSR count). The van der Waals surface area contributed by atoms with E-state index in [4.69, 9.17) is 0 Å². The molecule has 1 aromatic heterocycles. The van der Waals surface area contributed by atoms with E-state index in [1.807, 2.05) is 6.92 Å². The Labute approximate surface area is 82.2 Å². The molecular weight excluding hydrogens is 184 g/mol. The van der Waals surface area contributed by atoms with E-state index < -0.39 is 0 Å². The van der Waals surface area contributed by atoms with Crippen LogP contribution in [0.5, 0.6) is 0 Å². The molecule has 0 spiro atoms. The quantitative estimate of drug-likeness (QED) is 0.684. The summed E-state index contributed by atoms with van der Waals surface area (Å²) in [6.07, 6.45) is 1.71. The summed E-state index contributed by atoms with van der Waals surface area (Å²) in [6.45, 7) is 2.46. The number of thiol groups is 1. The van der Waals surface area contributed by atoms with E-state index in [2.05, 4.69) is 17.6 Å². The van der Waals surface area contributed by atoms with Crippen LogP contribution in [0.3, 0.4) is 0 Å². The Morgan fingerprint density at radius 1 is 1.69 bits per heavy atom. The molecule has 3 nitrogen and oxygen atoms in total. The second-order valence-electron chi connectivity index (χ2n) is 3.06. The van der Waals surface area contributed by atoms with Crippen LogP contribution >= 0.6 is 12.6 Å². The molecule has 0 aromatic carbocycles. The zero-order valence-corrected chi connectivity index (χ0v) is 8.16. The number of carbonyl (C=O) groups excluding carboxylic acids is 1. The Kier molecular flexibility index (Phi) is 2.00. The van der Waals surface area contributed by atoms with Crippen LogP contribution in [0.2, 0.25) is 0 Å². The van der Waals surface area contributed by atoms with Gasteiger partial charge in [0, 0.05) is 6.20 Å². The lowest BCUT2D eigenvalue weighted by atomic mass is 10.2. The maximum atomic E-state index is 11.7. The van der Waals surface area contributed by atoms with Crippen molar-refractivity contribution >= 4 is 18.5 Å². The van der Waals surface area contributed by atoms with Crippen molar-refractivity contribution in [2.24, 2.45) is 0 Å². The van der Waals surface area contributed by atoms with Crippen LogP contribution in [0.25, 0.3) is 0 Å². The number of aromatic nitrogens is 1. The van der Waals surface area contributed by atoms with Gasteiger partial charge < -0.3 is 4.90 Å². The number of nitrogens with zero attached hydrogens (tertiary/aromatic N) is 2. The summed E-state index contributed by atoms with van der Waals surface area (Å²) in [7, 11) is 0. The molecule has 0 saturated carbocycles. The largest absolute Gasteiger partial charge is 0.321 e. The minimum atomic E-state index is -0.0540. The van der Waals surface area contributed by atoms with Crippen molar-refractivity contribution in [1.82, 2.24) is 9.88 Å². The summed E-state index contributed by atoms with van der Waals surface area (Å²) in [5.74, 6) is 0.0330. The molecule has 0 bridgehead atoms. The van der Waals surface area contributed by atoms with Crippen molar-refractivity contribution in [3.8, 4) is 0 Å². The van der Waals surface area contributed by atoms with Crippen LogP contribution in [0.4, 0.5) is 0 Å². The Morgan fingerprint density at radius 2 is 2.46 bits per heavy atom. The van der Waals surface area contributed by atoms with Gasteiger partial charge in [0.05, 0.1) is 23.2 Å². The van der Waals surface area contributed by atoms with E-state index >= 15 is 0 Å². The summed E-state index contributed by atoms with van der Waals surface area (Å²) in [5, 5.41) is -0.0540. The number of amides is 1. The number of rotatable bonds is 1. The lowest BCUT2D eigenvalue weighted by Crippen LogP contribution is -2.29. The third kappa shape index (κ3) is 1.31. The molecule has 13 heavy (non-hydrogen) atoms. The fourth-order valence-electron chi connectivity index (χ4n) is 1.45. The average Bonchev–Trinajstić information content (AvgIpc) is 2.45. The van der Waals surface area contributed by atoms with Crippen LogP contribution < -0.4 is 0 Å². The fraction of sp³-hybridized carbons (Fsp3) is 0.333. The molecule has 4 heteroatoms. The smallest absolute Gasteiger partial charge is 0.257 e. The first-order chi connectivity index (χ1) is 6.20. The van der Waals surface area contributed by atoms with Gasteiger partial charge in [0.25, 0.3) is 5.91 Å². The molecule has 0 fully saturated rings. The molecule has 1 aliphatic rings. The van der Waals surface area contributed by atoms with Gasteiger partial charge >= 0.3 is 0 Å². The van der Waals surface area contributed by atoms with Gasteiger partial charge in [0.1, 0.15) is 0 Å². The zero-order chi connectivity index (χ0) is 9.42. The number of fused-ring (bicyclic) bond motifs is 1. The highest BCUT2D eigenvalue weighted by Gasteiger charge is 2.29. The van der Waals surface area contributed by atoms with E-state index in [9.17, 15) is 4.79 Å². The molecule has 1 aliphatic heterocycles. The SMILES string of the molecule is CC(S)N1Cc2ncccc2C1=O. The highest BCUT2D eigenvalue weighted by Crippen LogP contribution is 2.23. The number of hydrogen-bond donors (Lipinski definition) is 1. The minimum absolute atomic E-state index is 0.0330. The Balaban J connectivity index is 2.38. The van der Waals surface area contributed by atoms with Crippen molar-refractivity contribution < 1.29 is 4.79 Å². The lowest BCUT2D eigenvalue weighted by molar-refractivity contribution is 0.0771. The highest BCUT2D eigenvalue weighted by atomic mass is 32.1. The van der Waals surface area contributed by atoms with Crippen molar-refractivity contribution in [3.63, 3.8) is 0 Å². The molecule has 1 amide bonds. The number of carbonyl (C=O) groups is 1. The first-order valence-electron chi connectivity index (χ1n) is 4.13. The predicted molar refractivity (Wildman–Crippen MR) is 52.6 cm³/mol. The van der Waals surface area contributed by atoms with Crippen LogP contribution in [-0.4, -0.2) is 21.2 Å². The summed E-state index contributed by atoms with van der Waals surface area (Å²) < 4.78 is 0. The standard InChI is InChI=1S/C9H10N2OS/c1-6(13)11-5-8-7(9(11)12)3-2-4-10-8/h2-4,6,13H,5H2,1H3. The summed E-state index contributed by atoms with van der Waals surface area (Å²) in [5.41, 5.74) is 1.57. The molecule has 1 atom stereocenters. The number of pyridine rings is 1. The minimum Gasteiger partial charge on any atom is -0.321 e. The van der Waals surface area contributed by atoms with E-state index in [1.54, 1.807) is 23.2 Å². The van der Waals surface area contributed by atoms with Crippen LogP contribution in [0.1, 0.15) is 23.0 Å². The van der Waals surface area contributed by atoms with E-state index in [0.29, 0.717) is 12.1 Å². The number of hydrogen-bond acceptors (Lipinski definition) is 3. The third-order valence-electron chi connectivity index (χ3n) is 2.15. The normalized spacial score (nSPS) is 17.4. The van der Waals surface area contributed by atoms with Crippen molar-refractivity contribution in [2.45, 2.75) is 18.8 Å². The van der Waals surface area contributed by atoms with Gasteiger partial charge in [0.15, 0.2) is 0 Å². The second-order valence-corrected chi connectivity index (χ2v) is 3.81. The Hall–Kier alpha value is -1.03. The molecule has 2 heterocycles. The molecule has 68 valence electrons. The Bertz CT molecular complexity index is 351. The molecule has 0 radical (unpaired) electrons. The molecular formula is C9H10N2OS. The van der Waals surface area contributed by atoms with Gasteiger partial charge in [0.2, 0.25) is 0 Å². The van der Waals surface area contributed by atoms with Crippen molar-refractivity contribution in [2.75, 3.05) is 0 Å². The van der Waals surface area contributed by atoms with Crippen LogP contribution in [0, 0.1) is 0 Å². The third-order valence-corrected chi connectivity index (χ3v) is 2.43. The van der Waals surface area contributed by atoms with Gasteiger partial charge in [-0.3, -0.25) is 9.78 Å². The van der Waals surface area contributed by atoms with Gasteiger partial charge in [-0.15, -0.1) is 0 Å². The van der Waals surface area contributed by atoms with Gasteiger partial charge in [-0.1, -0.05) is 0 Å². The van der Waals surface area contributed by atoms with E-state index in [0.717, 1.165) is 5.69 Å². The van der Waals surface area contributed by atoms with Gasteiger partial charge in [-0.25, -0.2) is 0 Å². The molecule has 0 N–H and O–H groups in total. The molecule has 0 saturated heterocycles. The van der Waals surface area contributed by atoms with E-state index in [-0.39, 0.29) is 11.3 Å². The summed E-state index contributed by atoms with van der Waals surface area (Å²) in [6, 6.07) is 3.59. The monoisotopic (exact) mass is 194 g/mol. The average molecular weight is 194 g/mol. The van der Waals surface area contributed by atoms with Crippen molar-refractivity contribution in [3.05, 3.63) is 29.6 Å². The summed E-state index contributed by atoms with van der Waals surface area (Å²) in [4.78, 5) is 17.5. The predicted octanol–water partition coefficient (Wildman–Crippen LogP) is 1.31. The Morgan fingerprint density at radius 3 is 3.08 bits per heavy atom. The van der Waals surface area contributed by atoms with Crippen LogP contribution in [-0.2, 0) is 6.54 Å².